The van der Waals surface area contributed by atoms with Gasteiger partial charge in [-0.3, -0.25) is 0 Å². The molecule has 0 saturated heterocycles. The Hall–Kier alpha value is -1.00. The number of hydrogen-bond donors (Lipinski definition) is 3. The molecule has 0 aromatic rings. The standard InChI is InChI=1S/C21H36N2O2/c1-25-20(24)14-11-17-9-7-16(8-10-17)4-2-6-19-13-12-18-5-3-15-22-21(18)23-19/h7,17,19-20,22-24H,2-6,8-15H2,1H3. The number of nitrogens with one attached hydrogen (secondary N) is 2. The van der Waals surface area contributed by atoms with Gasteiger partial charge in [-0.15, -0.1) is 0 Å². The molecule has 3 rings (SSSR count). The Kier molecular flexibility index (Phi) is 7.23. The Balaban J connectivity index is 1.32. The first kappa shape index (κ1) is 18.8. The van der Waals surface area contributed by atoms with Crippen LogP contribution in [0.3, 0.4) is 0 Å². The first-order valence-corrected chi connectivity index (χ1v) is 10.4. The SMILES string of the molecule is COC(O)CCC1CC=C(CCCC2CCC3=C(NCCC3)N2)CC1. The smallest absolute Gasteiger partial charge is 0.154 e. The van der Waals surface area contributed by atoms with Crippen LogP contribution in [0.5, 0.6) is 0 Å². The molecule has 0 amide bonds. The quantitative estimate of drug-likeness (QED) is 0.459. The van der Waals surface area contributed by atoms with Gasteiger partial charge in [0, 0.05) is 19.7 Å². The molecule has 3 unspecified atom stereocenters. The first-order chi connectivity index (χ1) is 12.2. The third kappa shape index (κ3) is 5.75. The van der Waals surface area contributed by atoms with E-state index in [9.17, 15) is 5.11 Å². The van der Waals surface area contributed by atoms with Crippen molar-refractivity contribution in [3.05, 3.63) is 23.0 Å². The zero-order valence-corrected chi connectivity index (χ0v) is 15.9. The summed E-state index contributed by atoms with van der Waals surface area (Å²) < 4.78 is 4.93. The molecule has 4 heteroatoms. The van der Waals surface area contributed by atoms with Crippen molar-refractivity contribution in [2.75, 3.05) is 13.7 Å². The van der Waals surface area contributed by atoms with Crippen LogP contribution in [0.4, 0.5) is 0 Å². The van der Waals surface area contributed by atoms with Crippen molar-refractivity contribution in [2.45, 2.75) is 89.4 Å². The Morgan fingerprint density at radius 2 is 2.16 bits per heavy atom. The van der Waals surface area contributed by atoms with E-state index in [1.807, 2.05) is 0 Å². The van der Waals surface area contributed by atoms with E-state index in [4.69, 9.17) is 4.74 Å². The molecule has 2 heterocycles. The van der Waals surface area contributed by atoms with Gasteiger partial charge in [0.25, 0.3) is 0 Å². The molecular weight excluding hydrogens is 312 g/mol. The van der Waals surface area contributed by atoms with Crippen LogP contribution in [0.15, 0.2) is 23.0 Å². The molecule has 0 aromatic carbocycles. The molecule has 0 aromatic heterocycles. The molecule has 0 spiro atoms. The number of ether oxygens (including phenoxy) is 1. The highest BCUT2D eigenvalue weighted by Crippen LogP contribution is 2.31. The Morgan fingerprint density at radius 3 is 2.96 bits per heavy atom. The summed E-state index contributed by atoms with van der Waals surface area (Å²) in [7, 11) is 1.58. The number of hydrogen-bond acceptors (Lipinski definition) is 4. The van der Waals surface area contributed by atoms with Gasteiger partial charge in [-0.2, -0.15) is 0 Å². The lowest BCUT2D eigenvalue weighted by Crippen LogP contribution is -2.41. The van der Waals surface area contributed by atoms with Gasteiger partial charge < -0.3 is 20.5 Å². The fourth-order valence-corrected chi connectivity index (χ4v) is 4.51. The van der Waals surface area contributed by atoms with Crippen LogP contribution in [0, 0.1) is 5.92 Å². The Bertz CT molecular complexity index is 486. The minimum Gasteiger partial charge on any atom is -0.372 e. The van der Waals surface area contributed by atoms with Crippen molar-refractivity contribution in [1.29, 1.82) is 0 Å². The number of allylic oxidation sites excluding steroid dienone is 3. The van der Waals surface area contributed by atoms with Crippen molar-refractivity contribution < 1.29 is 9.84 Å². The highest BCUT2D eigenvalue weighted by molar-refractivity contribution is 5.18. The van der Waals surface area contributed by atoms with Gasteiger partial charge in [0.1, 0.15) is 0 Å². The Labute approximate surface area is 153 Å². The highest BCUT2D eigenvalue weighted by atomic mass is 16.6. The van der Waals surface area contributed by atoms with Crippen LogP contribution < -0.4 is 10.6 Å². The number of aliphatic hydroxyl groups excluding tert-OH is 1. The van der Waals surface area contributed by atoms with Crippen LogP contribution in [0.25, 0.3) is 0 Å². The summed E-state index contributed by atoms with van der Waals surface area (Å²) in [5.41, 5.74) is 3.29. The molecule has 1 aliphatic carbocycles. The van der Waals surface area contributed by atoms with Gasteiger partial charge in [0.15, 0.2) is 6.29 Å². The van der Waals surface area contributed by atoms with E-state index in [1.165, 1.54) is 70.0 Å². The second-order valence-corrected chi connectivity index (χ2v) is 8.05. The lowest BCUT2D eigenvalue weighted by molar-refractivity contribution is -0.0813. The molecule has 0 radical (unpaired) electrons. The van der Waals surface area contributed by atoms with Crippen LogP contribution in [-0.2, 0) is 4.74 Å². The van der Waals surface area contributed by atoms with Crippen molar-refractivity contribution in [3.8, 4) is 0 Å². The van der Waals surface area contributed by atoms with Gasteiger partial charge in [0.05, 0.1) is 5.82 Å². The van der Waals surface area contributed by atoms with Crippen LogP contribution >= 0.6 is 0 Å². The molecule has 3 N–H and O–H groups in total. The van der Waals surface area contributed by atoms with E-state index in [0.29, 0.717) is 6.04 Å². The molecule has 0 fully saturated rings. The van der Waals surface area contributed by atoms with Crippen LogP contribution in [-0.4, -0.2) is 31.1 Å². The minimum atomic E-state index is -0.581. The Morgan fingerprint density at radius 1 is 1.24 bits per heavy atom. The van der Waals surface area contributed by atoms with E-state index in [2.05, 4.69) is 16.7 Å². The van der Waals surface area contributed by atoms with Crippen LogP contribution in [0.1, 0.15) is 77.0 Å². The summed E-state index contributed by atoms with van der Waals surface area (Å²) in [6, 6.07) is 0.664. The predicted molar refractivity (Wildman–Crippen MR) is 102 cm³/mol. The van der Waals surface area contributed by atoms with Gasteiger partial charge in [0.2, 0.25) is 0 Å². The molecule has 3 aliphatic rings. The lowest BCUT2D eigenvalue weighted by atomic mass is 9.84. The summed E-state index contributed by atoms with van der Waals surface area (Å²) in [5, 5.41) is 16.8. The molecular formula is C21H36N2O2. The molecule has 3 atom stereocenters. The predicted octanol–water partition coefficient (Wildman–Crippen LogP) is 3.98. The number of aliphatic hydroxyl groups is 1. The maximum Gasteiger partial charge on any atom is 0.154 e. The molecule has 2 aliphatic heterocycles. The first-order valence-electron chi connectivity index (χ1n) is 10.4. The second kappa shape index (κ2) is 9.63. The monoisotopic (exact) mass is 348 g/mol. The van der Waals surface area contributed by atoms with Gasteiger partial charge >= 0.3 is 0 Å². The van der Waals surface area contributed by atoms with Gasteiger partial charge in [-0.05, 0) is 88.5 Å². The van der Waals surface area contributed by atoms with Crippen molar-refractivity contribution in [2.24, 2.45) is 5.92 Å². The molecule has 25 heavy (non-hydrogen) atoms. The molecule has 0 bridgehead atoms. The van der Waals surface area contributed by atoms with Crippen molar-refractivity contribution >= 4 is 0 Å². The summed E-state index contributed by atoms with van der Waals surface area (Å²) in [6.07, 6.45) is 16.5. The van der Waals surface area contributed by atoms with E-state index < -0.39 is 6.29 Å². The van der Waals surface area contributed by atoms with Gasteiger partial charge in [-0.25, -0.2) is 0 Å². The fourth-order valence-electron chi connectivity index (χ4n) is 4.51. The van der Waals surface area contributed by atoms with E-state index in [1.54, 1.807) is 18.3 Å². The number of rotatable bonds is 8. The third-order valence-corrected chi connectivity index (χ3v) is 6.21. The summed E-state index contributed by atoms with van der Waals surface area (Å²) in [6.45, 7) is 1.13. The average Bonchev–Trinajstić information content (AvgIpc) is 2.67. The summed E-state index contributed by atoms with van der Waals surface area (Å²) >= 11 is 0. The zero-order valence-electron chi connectivity index (χ0n) is 15.9. The molecule has 142 valence electrons. The van der Waals surface area contributed by atoms with E-state index in [-0.39, 0.29) is 0 Å². The fraction of sp³-hybridized carbons (Fsp3) is 0.810. The van der Waals surface area contributed by atoms with Crippen molar-refractivity contribution in [1.82, 2.24) is 10.6 Å². The van der Waals surface area contributed by atoms with Crippen LogP contribution in [0.2, 0.25) is 0 Å². The lowest BCUT2D eigenvalue weighted by Gasteiger charge is -2.33. The maximum atomic E-state index is 9.50. The molecule has 0 saturated carbocycles. The molecule has 4 nitrogen and oxygen atoms in total. The highest BCUT2D eigenvalue weighted by Gasteiger charge is 2.22. The number of methoxy groups -OCH3 is 1. The average molecular weight is 349 g/mol. The van der Waals surface area contributed by atoms with Crippen molar-refractivity contribution in [3.63, 3.8) is 0 Å². The van der Waals surface area contributed by atoms with E-state index in [0.717, 1.165) is 25.3 Å². The van der Waals surface area contributed by atoms with E-state index >= 15 is 0 Å². The minimum absolute atomic E-state index is 0.581. The van der Waals surface area contributed by atoms with Gasteiger partial charge in [-0.1, -0.05) is 11.6 Å². The third-order valence-electron chi connectivity index (χ3n) is 6.21. The maximum absolute atomic E-state index is 9.50. The largest absolute Gasteiger partial charge is 0.372 e. The summed E-state index contributed by atoms with van der Waals surface area (Å²) in [4.78, 5) is 0. The second-order valence-electron chi connectivity index (χ2n) is 8.05. The topological polar surface area (TPSA) is 53.5 Å². The summed E-state index contributed by atoms with van der Waals surface area (Å²) in [5.74, 6) is 2.09. The zero-order chi connectivity index (χ0) is 17.5. The normalized spacial score (nSPS) is 27.8.